The first-order valence-electron chi connectivity index (χ1n) is 3.91. The van der Waals surface area contributed by atoms with Gasteiger partial charge in [0.1, 0.15) is 5.78 Å². The van der Waals surface area contributed by atoms with Crippen LogP contribution < -0.4 is 5.73 Å². The predicted octanol–water partition coefficient (Wildman–Crippen LogP) is 1.48. The second kappa shape index (κ2) is 5.42. The second-order valence-corrected chi connectivity index (χ2v) is 2.81. The molecule has 0 radical (unpaired) electrons. The molecule has 0 aliphatic heterocycles. The first kappa shape index (κ1) is 9.63. The minimum Gasteiger partial charge on any atom is -0.327 e. The van der Waals surface area contributed by atoms with Crippen LogP contribution in [0.4, 0.5) is 0 Å². The van der Waals surface area contributed by atoms with E-state index in [-0.39, 0.29) is 11.8 Å². The molecule has 2 heteroatoms. The molecule has 0 rings (SSSR count). The zero-order chi connectivity index (χ0) is 7.98. The maximum atomic E-state index is 10.5. The van der Waals surface area contributed by atoms with Gasteiger partial charge in [-0.2, -0.15) is 0 Å². The van der Waals surface area contributed by atoms with Crippen molar-refractivity contribution in [3.8, 4) is 0 Å². The molecule has 0 heterocycles. The van der Waals surface area contributed by atoms with Gasteiger partial charge in [-0.15, -0.1) is 0 Å². The molecule has 0 aromatic heterocycles. The van der Waals surface area contributed by atoms with Gasteiger partial charge in [0.25, 0.3) is 0 Å². The Morgan fingerprint density at radius 1 is 1.60 bits per heavy atom. The third-order valence-corrected chi connectivity index (χ3v) is 1.48. The highest BCUT2D eigenvalue weighted by Gasteiger charge is 2.03. The van der Waals surface area contributed by atoms with Gasteiger partial charge in [0, 0.05) is 12.5 Å². The Morgan fingerprint density at radius 3 is 2.60 bits per heavy atom. The van der Waals surface area contributed by atoms with Gasteiger partial charge in [-0.3, -0.25) is 4.79 Å². The summed E-state index contributed by atoms with van der Waals surface area (Å²) < 4.78 is 0. The molecule has 0 aliphatic rings. The minimum absolute atomic E-state index is 0.0949. The molecule has 0 bridgehead atoms. The van der Waals surface area contributed by atoms with E-state index < -0.39 is 0 Å². The number of rotatable bonds is 5. The van der Waals surface area contributed by atoms with Crippen LogP contribution in [0.2, 0.25) is 0 Å². The van der Waals surface area contributed by atoms with E-state index in [9.17, 15) is 4.79 Å². The maximum Gasteiger partial charge on any atom is 0.131 e. The molecular formula is C8H17NO. The lowest BCUT2D eigenvalue weighted by atomic mass is 10.1. The molecule has 0 aromatic carbocycles. The lowest BCUT2D eigenvalue weighted by Gasteiger charge is -2.06. The molecule has 0 fully saturated rings. The summed E-state index contributed by atoms with van der Waals surface area (Å²) in [5, 5.41) is 0. The van der Waals surface area contributed by atoms with Gasteiger partial charge < -0.3 is 5.73 Å². The molecule has 0 aliphatic carbocycles. The van der Waals surface area contributed by atoms with Crippen molar-refractivity contribution in [2.45, 2.75) is 45.6 Å². The highest BCUT2D eigenvalue weighted by atomic mass is 16.1. The van der Waals surface area contributed by atoms with Gasteiger partial charge in [0.05, 0.1) is 0 Å². The Morgan fingerprint density at radius 2 is 2.20 bits per heavy atom. The van der Waals surface area contributed by atoms with Crippen LogP contribution in [-0.4, -0.2) is 11.8 Å². The molecule has 60 valence electrons. The Bertz CT molecular complexity index is 101. The highest BCUT2D eigenvalue weighted by molar-refractivity contribution is 5.76. The lowest BCUT2D eigenvalue weighted by Crippen LogP contribution is -2.22. The van der Waals surface area contributed by atoms with Crippen LogP contribution in [0.3, 0.4) is 0 Å². The Kier molecular flexibility index (Phi) is 5.22. The summed E-state index contributed by atoms with van der Waals surface area (Å²) in [6.45, 7) is 3.71. The predicted molar refractivity (Wildman–Crippen MR) is 42.8 cm³/mol. The standard InChI is InChI=1S/C8H17NO/c1-3-4-5-8(9)6-7(2)10/h8H,3-6,9H2,1-2H3. The van der Waals surface area contributed by atoms with Crippen molar-refractivity contribution in [1.82, 2.24) is 0 Å². The number of carbonyl (C=O) groups excluding carboxylic acids is 1. The van der Waals surface area contributed by atoms with E-state index >= 15 is 0 Å². The summed E-state index contributed by atoms with van der Waals surface area (Å²) in [4.78, 5) is 10.5. The quantitative estimate of drug-likeness (QED) is 0.633. The normalized spacial score (nSPS) is 13.1. The molecule has 0 saturated heterocycles. The Labute approximate surface area is 62.8 Å². The van der Waals surface area contributed by atoms with Gasteiger partial charge in [-0.05, 0) is 13.3 Å². The van der Waals surface area contributed by atoms with Crippen LogP contribution in [0.15, 0.2) is 0 Å². The fraction of sp³-hybridized carbons (Fsp3) is 0.875. The van der Waals surface area contributed by atoms with Crippen molar-refractivity contribution in [2.75, 3.05) is 0 Å². The van der Waals surface area contributed by atoms with Gasteiger partial charge in [0.2, 0.25) is 0 Å². The van der Waals surface area contributed by atoms with Crippen molar-refractivity contribution in [2.24, 2.45) is 5.73 Å². The highest BCUT2D eigenvalue weighted by Crippen LogP contribution is 2.01. The van der Waals surface area contributed by atoms with Crippen LogP contribution in [0.25, 0.3) is 0 Å². The summed E-state index contributed by atoms with van der Waals surface area (Å²) in [5.41, 5.74) is 5.64. The van der Waals surface area contributed by atoms with Crippen LogP contribution >= 0.6 is 0 Å². The molecule has 1 atom stereocenters. The van der Waals surface area contributed by atoms with Crippen molar-refractivity contribution in [3.63, 3.8) is 0 Å². The van der Waals surface area contributed by atoms with E-state index in [0.717, 1.165) is 19.3 Å². The van der Waals surface area contributed by atoms with Gasteiger partial charge in [0.15, 0.2) is 0 Å². The fourth-order valence-corrected chi connectivity index (χ4v) is 0.938. The summed E-state index contributed by atoms with van der Waals surface area (Å²) in [7, 11) is 0. The first-order chi connectivity index (χ1) is 4.66. The maximum absolute atomic E-state index is 10.5. The Balaban J connectivity index is 3.25. The zero-order valence-corrected chi connectivity index (χ0v) is 6.89. The summed E-state index contributed by atoms with van der Waals surface area (Å²) in [5.74, 6) is 0.198. The smallest absolute Gasteiger partial charge is 0.131 e. The summed E-state index contributed by atoms with van der Waals surface area (Å²) in [6, 6.07) is 0.0949. The number of Topliss-reactive ketones (excluding diaryl/α,β-unsaturated/α-hetero) is 1. The number of hydrogen-bond donors (Lipinski definition) is 1. The van der Waals surface area contributed by atoms with E-state index in [0.29, 0.717) is 6.42 Å². The van der Waals surface area contributed by atoms with E-state index in [1.165, 1.54) is 0 Å². The second-order valence-electron chi connectivity index (χ2n) is 2.81. The number of ketones is 1. The molecule has 10 heavy (non-hydrogen) atoms. The average molecular weight is 143 g/mol. The number of unbranched alkanes of at least 4 members (excludes halogenated alkanes) is 1. The van der Waals surface area contributed by atoms with Crippen LogP contribution in [-0.2, 0) is 4.79 Å². The third kappa shape index (κ3) is 5.76. The van der Waals surface area contributed by atoms with E-state index in [4.69, 9.17) is 5.73 Å². The van der Waals surface area contributed by atoms with Crippen molar-refractivity contribution >= 4 is 5.78 Å². The molecular weight excluding hydrogens is 126 g/mol. The first-order valence-corrected chi connectivity index (χ1v) is 3.91. The monoisotopic (exact) mass is 143 g/mol. The fourth-order valence-electron chi connectivity index (χ4n) is 0.938. The molecule has 2 nitrogen and oxygen atoms in total. The molecule has 0 spiro atoms. The lowest BCUT2D eigenvalue weighted by molar-refractivity contribution is -0.117. The largest absolute Gasteiger partial charge is 0.327 e. The minimum atomic E-state index is 0.0949. The van der Waals surface area contributed by atoms with E-state index in [2.05, 4.69) is 6.92 Å². The van der Waals surface area contributed by atoms with Crippen molar-refractivity contribution < 1.29 is 4.79 Å². The molecule has 0 amide bonds. The zero-order valence-electron chi connectivity index (χ0n) is 6.89. The third-order valence-electron chi connectivity index (χ3n) is 1.48. The van der Waals surface area contributed by atoms with Crippen LogP contribution in [0.1, 0.15) is 39.5 Å². The van der Waals surface area contributed by atoms with Gasteiger partial charge in [-0.25, -0.2) is 0 Å². The average Bonchev–Trinajstić information content (AvgIpc) is 1.82. The molecule has 0 saturated carbocycles. The molecule has 0 aromatic rings. The summed E-state index contributed by atoms with van der Waals surface area (Å²) >= 11 is 0. The van der Waals surface area contributed by atoms with E-state index in [1.807, 2.05) is 0 Å². The summed E-state index contributed by atoms with van der Waals surface area (Å²) in [6.07, 6.45) is 3.82. The van der Waals surface area contributed by atoms with Crippen LogP contribution in [0.5, 0.6) is 0 Å². The van der Waals surface area contributed by atoms with Crippen molar-refractivity contribution in [3.05, 3.63) is 0 Å². The van der Waals surface area contributed by atoms with Crippen molar-refractivity contribution in [1.29, 1.82) is 0 Å². The molecule has 2 N–H and O–H groups in total. The Hall–Kier alpha value is -0.370. The van der Waals surface area contributed by atoms with Crippen LogP contribution in [0, 0.1) is 0 Å². The SMILES string of the molecule is CCCCC(N)CC(C)=O. The number of carbonyl (C=O) groups is 1. The number of hydrogen-bond acceptors (Lipinski definition) is 2. The molecule has 1 unspecified atom stereocenters. The number of nitrogens with two attached hydrogens (primary N) is 1. The topological polar surface area (TPSA) is 43.1 Å². The van der Waals surface area contributed by atoms with Gasteiger partial charge in [-0.1, -0.05) is 19.8 Å². The van der Waals surface area contributed by atoms with Gasteiger partial charge >= 0.3 is 0 Å². The van der Waals surface area contributed by atoms with E-state index in [1.54, 1.807) is 6.92 Å².